The Balaban J connectivity index is 2.38. The SMILES string of the molecule is CCN1CC(O)NC1C. The van der Waals surface area contributed by atoms with Gasteiger partial charge in [0.2, 0.25) is 0 Å². The number of likely N-dealkylation sites (N-methyl/N-ethyl adjacent to an activating group) is 1. The van der Waals surface area contributed by atoms with Gasteiger partial charge in [-0.2, -0.15) is 0 Å². The summed E-state index contributed by atoms with van der Waals surface area (Å²) < 4.78 is 0. The van der Waals surface area contributed by atoms with Crippen LogP contribution in [-0.2, 0) is 0 Å². The Morgan fingerprint density at radius 1 is 1.78 bits per heavy atom. The zero-order valence-electron chi connectivity index (χ0n) is 5.96. The van der Waals surface area contributed by atoms with Crippen LogP contribution in [0.25, 0.3) is 0 Å². The average molecular weight is 130 g/mol. The molecule has 1 fully saturated rings. The zero-order valence-corrected chi connectivity index (χ0v) is 5.96. The summed E-state index contributed by atoms with van der Waals surface area (Å²) in [5, 5.41) is 12.0. The fourth-order valence-corrected chi connectivity index (χ4v) is 1.22. The summed E-state index contributed by atoms with van der Waals surface area (Å²) in [4.78, 5) is 2.19. The molecular formula is C6H14N2O. The third-order valence-electron chi connectivity index (χ3n) is 1.79. The predicted octanol–water partition coefficient (Wildman–Crippen LogP) is -0.424. The number of nitrogens with zero attached hydrogens (tertiary/aromatic N) is 1. The van der Waals surface area contributed by atoms with Gasteiger partial charge in [-0.3, -0.25) is 10.2 Å². The van der Waals surface area contributed by atoms with Crippen LogP contribution in [-0.4, -0.2) is 35.5 Å². The molecule has 0 saturated carbocycles. The molecule has 0 aromatic heterocycles. The Morgan fingerprint density at radius 3 is 2.67 bits per heavy atom. The molecule has 54 valence electrons. The second-order valence-electron chi connectivity index (χ2n) is 2.45. The molecule has 0 radical (unpaired) electrons. The minimum absolute atomic E-state index is 0.319. The zero-order chi connectivity index (χ0) is 6.85. The summed E-state index contributed by atoms with van der Waals surface area (Å²) in [6, 6.07) is 0. The van der Waals surface area contributed by atoms with Crippen molar-refractivity contribution in [2.45, 2.75) is 26.2 Å². The molecule has 2 N–H and O–H groups in total. The minimum Gasteiger partial charge on any atom is -0.377 e. The smallest absolute Gasteiger partial charge is 0.118 e. The standard InChI is InChI=1S/C6H14N2O/c1-3-8-4-6(9)7-5(8)2/h5-7,9H,3-4H2,1-2H3. The molecule has 0 amide bonds. The number of aliphatic hydroxyl groups excluding tert-OH is 1. The van der Waals surface area contributed by atoms with Crippen LogP contribution < -0.4 is 5.32 Å². The number of hydrogen-bond acceptors (Lipinski definition) is 3. The lowest BCUT2D eigenvalue weighted by atomic mass is 10.5. The first-order chi connectivity index (χ1) is 4.24. The summed E-state index contributed by atoms with van der Waals surface area (Å²) >= 11 is 0. The van der Waals surface area contributed by atoms with Crippen molar-refractivity contribution in [3.8, 4) is 0 Å². The van der Waals surface area contributed by atoms with Crippen LogP contribution in [0.4, 0.5) is 0 Å². The third kappa shape index (κ3) is 1.41. The van der Waals surface area contributed by atoms with Gasteiger partial charge >= 0.3 is 0 Å². The number of hydrogen-bond donors (Lipinski definition) is 2. The molecule has 2 unspecified atom stereocenters. The fourth-order valence-electron chi connectivity index (χ4n) is 1.22. The van der Waals surface area contributed by atoms with Crippen molar-refractivity contribution < 1.29 is 5.11 Å². The van der Waals surface area contributed by atoms with Gasteiger partial charge in [0, 0.05) is 6.54 Å². The minimum atomic E-state index is -0.319. The lowest BCUT2D eigenvalue weighted by Crippen LogP contribution is -2.33. The van der Waals surface area contributed by atoms with E-state index >= 15 is 0 Å². The van der Waals surface area contributed by atoms with Crippen LogP contribution >= 0.6 is 0 Å². The molecule has 0 aromatic carbocycles. The van der Waals surface area contributed by atoms with E-state index in [0.717, 1.165) is 13.1 Å². The summed E-state index contributed by atoms with van der Waals surface area (Å²) in [5.41, 5.74) is 0. The Hall–Kier alpha value is -0.120. The first-order valence-electron chi connectivity index (χ1n) is 3.42. The second-order valence-corrected chi connectivity index (χ2v) is 2.45. The van der Waals surface area contributed by atoms with Crippen LogP contribution in [0.1, 0.15) is 13.8 Å². The molecule has 3 nitrogen and oxygen atoms in total. The third-order valence-corrected chi connectivity index (χ3v) is 1.79. The van der Waals surface area contributed by atoms with E-state index in [1.165, 1.54) is 0 Å². The summed E-state index contributed by atoms with van der Waals surface area (Å²) in [5.74, 6) is 0. The van der Waals surface area contributed by atoms with Crippen LogP contribution in [0.5, 0.6) is 0 Å². The molecular weight excluding hydrogens is 116 g/mol. The largest absolute Gasteiger partial charge is 0.377 e. The van der Waals surface area contributed by atoms with Crippen molar-refractivity contribution in [3.63, 3.8) is 0 Å². The maximum Gasteiger partial charge on any atom is 0.118 e. The van der Waals surface area contributed by atoms with Crippen molar-refractivity contribution in [2.75, 3.05) is 13.1 Å². The molecule has 1 rings (SSSR count). The molecule has 0 aliphatic carbocycles. The highest BCUT2D eigenvalue weighted by Gasteiger charge is 2.24. The topological polar surface area (TPSA) is 35.5 Å². The van der Waals surface area contributed by atoms with E-state index in [1.54, 1.807) is 0 Å². The maximum atomic E-state index is 9.05. The van der Waals surface area contributed by atoms with Crippen molar-refractivity contribution in [1.82, 2.24) is 10.2 Å². The van der Waals surface area contributed by atoms with Crippen molar-refractivity contribution >= 4 is 0 Å². The molecule has 0 bridgehead atoms. The van der Waals surface area contributed by atoms with E-state index in [2.05, 4.69) is 24.1 Å². The Kier molecular flexibility index (Phi) is 2.05. The molecule has 0 aromatic rings. The first-order valence-corrected chi connectivity index (χ1v) is 3.42. The van der Waals surface area contributed by atoms with Crippen LogP contribution in [0, 0.1) is 0 Å². The number of rotatable bonds is 1. The number of nitrogens with one attached hydrogen (secondary N) is 1. The van der Waals surface area contributed by atoms with Crippen LogP contribution in [0.3, 0.4) is 0 Å². The van der Waals surface area contributed by atoms with Gasteiger partial charge in [-0.05, 0) is 13.5 Å². The monoisotopic (exact) mass is 130 g/mol. The van der Waals surface area contributed by atoms with E-state index in [4.69, 9.17) is 5.11 Å². The molecule has 1 aliphatic heterocycles. The normalized spacial score (nSPS) is 37.7. The van der Waals surface area contributed by atoms with Gasteiger partial charge in [0.15, 0.2) is 0 Å². The highest BCUT2D eigenvalue weighted by Crippen LogP contribution is 2.04. The number of aliphatic hydroxyl groups is 1. The molecule has 0 spiro atoms. The Labute approximate surface area is 55.7 Å². The first kappa shape index (κ1) is 6.99. The Bertz CT molecular complexity index is 97.1. The second kappa shape index (κ2) is 2.64. The molecule has 1 heterocycles. The summed E-state index contributed by atoms with van der Waals surface area (Å²) in [6.45, 7) is 5.92. The summed E-state index contributed by atoms with van der Waals surface area (Å²) in [6.07, 6.45) is 0.0185. The van der Waals surface area contributed by atoms with E-state index < -0.39 is 0 Å². The van der Waals surface area contributed by atoms with E-state index in [9.17, 15) is 0 Å². The van der Waals surface area contributed by atoms with Crippen LogP contribution in [0.15, 0.2) is 0 Å². The van der Waals surface area contributed by atoms with Gasteiger partial charge < -0.3 is 5.11 Å². The van der Waals surface area contributed by atoms with Gasteiger partial charge in [-0.25, -0.2) is 0 Å². The average Bonchev–Trinajstić information content (AvgIpc) is 2.10. The lowest BCUT2D eigenvalue weighted by Gasteiger charge is -2.16. The molecule has 1 aliphatic rings. The van der Waals surface area contributed by atoms with Gasteiger partial charge in [-0.1, -0.05) is 6.92 Å². The molecule has 3 heteroatoms. The van der Waals surface area contributed by atoms with Gasteiger partial charge in [-0.15, -0.1) is 0 Å². The maximum absolute atomic E-state index is 9.05. The van der Waals surface area contributed by atoms with Crippen molar-refractivity contribution in [1.29, 1.82) is 0 Å². The van der Waals surface area contributed by atoms with E-state index in [0.29, 0.717) is 6.17 Å². The van der Waals surface area contributed by atoms with E-state index in [1.807, 2.05) is 0 Å². The molecule has 9 heavy (non-hydrogen) atoms. The molecule has 1 saturated heterocycles. The lowest BCUT2D eigenvalue weighted by molar-refractivity contribution is 0.161. The number of β-amino-alcohol motifs (C(OH)–C–C–N with tert-alkyl or cyclic N) is 1. The summed E-state index contributed by atoms with van der Waals surface area (Å²) in [7, 11) is 0. The van der Waals surface area contributed by atoms with Gasteiger partial charge in [0.1, 0.15) is 6.23 Å². The highest BCUT2D eigenvalue weighted by atomic mass is 16.3. The van der Waals surface area contributed by atoms with E-state index in [-0.39, 0.29) is 6.23 Å². The molecule has 2 atom stereocenters. The van der Waals surface area contributed by atoms with Crippen molar-refractivity contribution in [3.05, 3.63) is 0 Å². The van der Waals surface area contributed by atoms with Crippen molar-refractivity contribution in [2.24, 2.45) is 0 Å². The van der Waals surface area contributed by atoms with Gasteiger partial charge in [0.05, 0.1) is 6.17 Å². The fraction of sp³-hybridized carbons (Fsp3) is 1.00. The Morgan fingerprint density at radius 2 is 2.44 bits per heavy atom. The van der Waals surface area contributed by atoms with Gasteiger partial charge in [0.25, 0.3) is 0 Å². The predicted molar refractivity (Wildman–Crippen MR) is 35.9 cm³/mol. The quantitative estimate of drug-likeness (QED) is 0.506. The van der Waals surface area contributed by atoms with Crippen LogP contribution in [0.2, 0.25) is 0 Å². The highest BCUT2D eigenvalue weighted by molar-refractivity contribution is 4.75.